The van der Waals surface area contributed by atoms with Gasteiger partial charge in [0.25, 0.3) is 11.8 Å². The van der Waals surface area contributed by atoms with Crippen molar-refractivity contribution in [2.75, 3.05) is 23.0 Å². The van der Waals surface area contributed by atoms with Gasteiger partial charge in [-0.1, -0.05) is 60.7 Å². The molecule has 11 heteroatoms. The van der Waals surface area contributed by atoms with Crippen molar-refractivity contribution in [3.63, 3.8) is 0 Å². The number of ether oxygens (including phenoxy) is 2. The summed E-state index contributed by atoms with van der Waals surface area (Å²) in [5.74, 6) is -0.756. The van der Waals surface area contributed by atoms with Gasteiger partial charge in [-0.05, 0) is 56.2 Å². The minimum Gasteiger partial charge on any atom is -0.482 e. The standard InChI is InChI=1S/C37H39N5O6/c1-5-18-41-28-16-15-25(42-29-13-9-10-14-30(29)47-22-32(42)43)20-26(28)37(35(41)45)23(2)33(36(3,4)46)31(48-37)17-19-40-21-27(38-39-40)34(44)24-11-7-6-8-12-24/h5-16,20-21,23,31,33-34,44,46H,1,17-19,22H2,2-4H3/t23-,31+,33-,34-,37+/m1/s1. The lowest BCUT2D eigenvalue weighted by Crippen LogP contribution is -2.46. The van der Waals surface area contributed by atoms with E-state index in [0.717, 1.165) is 0 Å². The highest BCUT2D eigenvalue weighted by molar-refractivity contribution is 6.10. The SMILES string of the molecule is C=CCN1C(=O)[C@@]2(O[C@@H](CCn3cc([C@H](O)c4ccccc4)nn3)[C@H](C(C)(C)O)[C@H]2C)c2cc(N3C(=O)COc4ccccc43)ccc21. The van der Waals surface area contributed by atoms with Gasteiger partial charge in [-0.15, -0.1) is 11.7 Å². The number of anilines is 3. The maximum absolute atomic E-state index is 14.6. The molecule has 4 aromatic rings. The highest BCUT2D eigenvalue weighted by atomic mass is 16.5. The highest BCUT2D eigenvalue weighted by Crippen LogP contribution is 2.58. The molecule has 48 heavy (non-hydrogen) atoms. The normalized spacial score (nSPS) is 24.1. The number of carbonyl (C=O) groups is 2. The summed E-state index contributed by atoms with van der Waals surface area (Å²) in [7, 11) is 0. The Morgan fingerprint density at radius 1 is 1.08 bits per heavy atom. The number of benzene rings is 3. The first kappa shape index (κ1) is 31.7. The van der Waals surface area contributed by atoms with Crippen molar-refractivity contribution in [3.05, 3.63) is 108 Å². The summed E-state index contributed by atoms with van der Waals surface area (Å²) in [6, 6.07) is 22.1. The zero-order valence-electron chi connectivity index (χ0n) is 27.2. The van der Waals surface area contributed by atoms with Crippen molar-refractivity contribution in [1.82, 2.24) is 15.0 Å². The molecule has 0 saturated carbocycles. The summed E-state index contributed by atoms with van der Waals surface area (Å²) >= 11 is 0. The van der Waals surface area contributed by atoms with Crippen LogP contribution in [0.5, 0.6) is 5.75 Å². The Kier molecular flexibility index (Phi) is 7.93. The first-order chi connectivity index (χ1) is 23.0. The maximum Gasteiger partial charge on any atom is 0.269 e. The first-order valence-corrected chi connectivity index (χ1v) is 16.2. The van der Waals surface area contributed by atoms with E-state index in [1.165, 1.54) is 0 Å². The molecule has 1 aromatic heterocycles. The second kappa shape index (κ2) is 12.0. The zero-order chi connectivity index (χ0) is 33.8. The Morgan fingerprint density at radius 3 is 2.58 bits per heavy atom. The van der Waals surface area contributed by atoms with Gasteiger partial charge in [0.2, 0.25) is 0 Å². The van der Waals surface area contributed by atoms with E-state index in [2.05, 4.69) is 16.9 Å². The van der Waals surface area contributed by atoms with E-state index in [0.29, 0.717) is 52.6 Å². The molecule has 7 rings (SSSR count). The Morgan fingerprint density at radius 2 is 1.83 bits per heavy atom. The third-order valence-corrected chi connectivity index (χ3v) is 9.84. The number of aliphatic hydroxyl groups is 2. The first-order valence-electron chi connectivity index (χ1n) is 16.2. The number of aliphatic hydroxyl groups excluding tert-OH is 1. The molecule has 2 N–H and O–H groups in total. The number of hydrogen-bond donors (Lipinski definition) is 2. The molecule has 1 spiro atoms. The molecular weight excluding hydrogens is 610 g/mol. The van der Waals surface area contributed by atoms with Crippen molar-refractivity contribution >= 4 is 28.9 Å². The Bertz CT molecular complexity index is 1870. The molecule has 4 heterocycles. The van der Waals surface area contributed by atoms with E-state index in [9.17, 15) is 19.8 Å². The molecule has 3 aliphatic heterocycles. The number of aryl methyl sites for hydroxylation is 1. The van der Waals surface area contributed by atoms with Crippen LogP contribution in [0, 0.1) is 11.8 Å². The highest BCUT2D eigenvalue weighted by Gasteiger charge is 2.65. The van der Waals surface area contributed by atoms with Crippen molar-refractivity contribution < 1.29 is 29.3 Å². The summed E-state index contributed by atoms with van der Waals surface area (Å²) in [6.45, 7) is 9.87. The lowest BCUT2D eigenvalue weighted by Gasteiger charge is -2.34. The van der Waals surface area contributed by atoms with Gasteiger partial charge in [-0.25, -0.2) is 0 Å². The van der Waals surface area contributed by atoms with Gasteiger partial charge in [0, 0.05) is 36.2 Å². The van der Waals surface area contributed by atoms with Crippen molar-refractivity contribution in [2.24, 2.45) is 11.8 Å². The number of rotatable bonds is 9. The summed E-state index contributed by atoms with van der Waals surface area (Å²) in [6.07, 6.45) is 2.34. The number of hydrogen-bond acceptors (Lipinski definition) is 8. The van der Waals surface area contributed by atoms with Gasteiger partial charge >= 0.3 is 0 Å². The van der Waals surface area contributed by atoms with Crippen molar-refractivity contribution in [2.45, 2.75) is 57.1 Å². The predicted molar refractivity (Wildman–Crippen MR) is 179 cm³/mol. The van der Waals surface area contributed by atoms with Crippen LogP contribution in [-0.4, -0.2) is 61.9 Å². The maximum atomic E-state index is 14.6. The molecule has 0 aliphatic carbocycles. The van der Waals surface area contributed by atoms with E-state index in [-0.39, 0.29) is 25.0 Å². The van der Waals surface area contributed by atoms with Crippen LogP contribution < -0.4 is 14.5 Å². The van der Waals surface area contributed by atoms with E-state index < -0.39 is 35.2 Å². The van der Waals surface area contributed by atoms with Gasteiger partial charge in [0.05, 0.1) is 29.3 Å². The fraction of sp³-hybridized carbons (Fsp3) is 0.351. The van der Waals surface area contributed by atoms with Gasteiger partial charge in [-0.3, -0.25) is 19.2 Å². The second-order valence-electron chi connectivity index (χ2n) is 13.3. The van der Waals surface area contributed by atoms with Gasteiger partial charge in [0.15, 0.2) is 12.2 Å². The lowest BCUT2D eigenvalue weighted by atomic mass is 9.70. The van der Waals surface area contributed by atoms with Crippen LogP contribution in [0.3, 0.4) is 0 Å². The van der Waals surface area contributed by atoms with E-state index in [1.807, 2.05) is 79.7 Å². The average molecular weight is 650 g/mol. The molecule has 1 saturated heterocycles. The third-order valence-electron chi connectivity index (χ3n) is 9.84. The van der Waals surface area contributed by atoms with Crippen molar-refractivity contribution in [3.8, 4) is 5.75 Å². The Hall–Kier alpha value is -4.84. The largest absolute Gasteiger partial charge is 0.482 e. The monoisotopic (exact) mass is 649 g/mol. The van der Waals surface area contributed by atoms with Crippen molar-refractivity contribution in [1.29, 1.82) is 0 Å². The summed E-state index contributed by atoms with van der Waals surface area (Å²) in [5.41, 5.74) is 1.04. The molecule has 0 bridgehead atoms. The zero-order valence-corrected chi connectivity index (χ0v) is 27.2. The van der Waals surface area contributed by atoms with E-state index >= 15 is 0 Å². The van der Waals surface area contributed by atoms with E-state index in [1.54, 1.807) is 40.6 Å². The van der Waals surface area contributed by atoms with Crippen LogP contribution in [0.2, 0.25) is 0 Å². The van der Waals surface area contributed by atoms with Crippen LogP contribution in [0.1, 0.15) is 50.1 Å². The average Bonchev–Trinajstić information content (AvgIpc) is 3.74. The number of carbonyl (C=O) groups excluding carboxylic acids is 2. The molecular formula is C37H39N5O6. The van der Waals surface area contributed by atoms with Gasteiger partial charge in [-0.2, -0.15) is 0 Å². The molecule has 0 unspecified atom stereocenters. The summed E-state index contributed by atoms with van der Waals surface area (Å²) < 4.78 is 14.3. The number of para-hydroxylation sites is 2. The third kappa shape index (κ3) is 5.09. The Labute approximate surface area is 279 Å². The molecule has 3 aliphatic rings. The molecule has 2 amide bonds. The van der Waals surface area contributed by atoms with Crippen LogP contribution in [0.15, 0.2) is 91.6 Å². The van der Waals surface area contributed by atoms with Crippen LogP contribution in [-0.2, 0) is 26.5 Å². The molecule has 5 atom stereocenters. The van der Waals surface area contributed by atoms with E-state index in [4.69, 9.17) is 9.47 Å². The summed E-state index contributed by atoms with van der Waals surface area (Å²) in [5, 5.41) is 30.8. The molecule has 3 aromatic carbocycles. The summed E-state index contributed by atoms with van der Waals surface area (Å²) in [4.78, 5) is 31.1. The molecule has 0 radical (unpaired) electrons. The smallest absolute Gasteiger partial charge is 0.269 e. The van der Waals surface area contributed by atoms with Gasteiger partial charge < -0.3 is 24.6 Å². The number of aromatic nitrogens is 3. The fourth-order valence-electron chi connectivity index (χ4n) is 7.78. The van der Waals surface area contributed by atoms with Crippen LogP contribution in [0.4, 0.5) is 17.1 Å². The molecule has 11 nitrogen and oxygen atoms in total. The number of nitrogens with zero attached hydrogens (tertiary/aromatic N) is 5. The minimum atomic E-state index is -1.42. The predicted octanol–water partition coefficient (Wildman–Crippen LogP) is 4.66. The minimum absolute atomic E-state index is 0.108. The topological polar surface area (TPSA) is 130 Å². The lowest BCUT2D eigenvalue weighted by molar-refractivity contribution is -0.146. The molecule has 248 valence electrons. The van der Waals surface area contributed by atoms with Crippen LogP contribution in [0.25, 0.3) is 0 Å². The quantitative estimate of drug-likeness (QED) is 0.251. The molecule has 1 fully saturated rings. The van der Waals surface area contributed by atoms with Crippen LogP contribution >= 0.6 is 0 Å². The number of fused-ring (bicyclic) bond motifs is 3. The van der Waals surface area contributed by atoms with Gasteiger partial charge in [0.1, 0.15) is 17.5 Å². The fourth-order valence-corrected chi connectivity index (χ4v) is 7.78. The number of amides is 2. The Balaban J connectivity index is 1.24. The second-order valence-corrected chi connectivity index (χ2v) is 13.3.